The Morgan fingerprint density at radius 1 is 0.291 bits per heavy atom. The normalized spacial score (nSPS) is 14.5. The van der Waals surface area contributed by atoms with Crippen molar-refractivity contribution in [1.29, 1.82) is 0 Å². The number of hydrogen-bond acceptors (Lipinski definition) is 1. The summed E-state index contributed by atoms with van der Waals surface area (Å²) in [5, 5.41) is 0. The molecule has 4 aromatic rings. The molecule has 5 rings (SSSR count). The van der Waals surface area contributed by atoms with Gasteiger partial charge in [-0.2, -0.15) is 127 Å². The van der Waals surface area contributed by atoms with Crippen molar-refractivity contribution in [2.45, 2.75) is 97.9 Å². The topological polar surface area (TPSA) is 68.9 Å². The summed E-state index contributed by atoms with van der Waals surface area (Å²) >= 11 is 0. The molecule has 0 bridgehead atoms. The van der Waals surface area contributed by atoms with Crippen molar-refractivity contribution in [3.8, 4) is 0 Å². The molecule has 1 saturated carbocycles. The van der Waals surface area contributed by atoms with Gasteiger partial charge in [-0.05, 0) is 67.7 Å². The summed E-state index contributed by atoms with van der Waals surface area (Å²) in [6.45, 7) is 30.2. The molecule has 0 aliphatic heterocycles. The average molecular weight is 1340 g/mol. The molecule has 0 unspecified atom stereocenters. The van der Waals surface area contributed by atoms with Crippen LogP contribution in [0.2, 0.25) is 0 Å². The maximum absolute atomic E-state index is 14.2. The van der Waals surface area contributed by atoms with Crippen LogP contribution in [0.5, 0.6) is 0 Å². The second-order valence-electron chi connectivity index (χ2n) is 16.1. The van der Waals surface area contributed by atoms with E-state index in [2.05, 4.69) is 54.6 Å². The maximum atomic E-state index is 14.2. The molecule has 0 amide bonds. The van der Waals surface area contributed by atoms with Crippen LogP contribution in [0.1, 0.15) is 93.0 Å². The molecule has 1 aliphatic rings. The van der Waals surface area contributed by atoms with Crippen LogP contribution in [0, 0.1) is 49.5 Å². The van der Waals surface area contributed by atoms with Gasteiger partial charge in [0.25, 0.3) is 0 Å². The van der Waals surface area contributed by atoms with Crippen LogP contribution in [0.3, 0.4) is 0 Å². The molecule has 0 atom stereocenters. The SMILES string of the molecule is CCOCC.C[C]1[C](C)[C](C)[C](C)[C]1C.FC(F)(F)c1cc([B-](c2cc(C(F)(F)F)cc(C(F)(F)F)c2)(c2cc(C(F)(F)F)cc(C(F)(F)F)c2)c2cc(C(F)(F)F)cc(C(F)(F)F)c2)cc(C(F)(F)F)c1.[C-]#[O+].[C-]#[O+].[C-]#[O+].[W+2]. The first-order valence-electron chi connectivity index (χ1n) is 21.0. The average Bonchev–Trinajstić information content (AvgIpc) is 3.49. The molecule has 0 heterocycles. The zero-order chi connectivity index (χ0) is 61.9. The van der Waals surface area contributed by atoms with E-state index in [1.165, 1.54) is 29.6 Å². The Bertz CT molecular complexity index is 2140. The Labute approximate surface area is 450 Å². The molecule has 1 aliphatic carbocycles. The second kappa shape index (κ2) is 28.7. The molecular formula is C49H37BF24O4W+. The summed E-state index contributed by atoms with van der Waals surface area (Å²) in [5.74, 6) is 7.34. The van der Waals surface area contributed by atoms with Gasteiger partial charge in [0.1, 0.15) is 6.15 Å². The first-order valence-corrected chi connectivity index (χ1v) is 21.0. The predicted molar refractivity (Wildman–Crippen MR) is 229 cm³/mol. The van der Waals surface area contributed by atoms with Crippen LogP contribution < -0.4 is 21.9 Å². The van der Waals surface area contributed by atoms with Gasteiger partial charge in [-0.25, -0.2) is 0 Å². The molecule has 0 spiro atoms. The summed E-state index contributed by atoms with van der Waals surface area (Å²) in [6, 6.07) is -8.81. The van der Waals surface area contributed by atoms with Gasteiger partial charge < -0.3 is 4.74 Å². The molecule has 0 aromatic heterocycles. The van der Waals surface area contributed by atoms with Gasteiger partial charge in [0.05, 0.1) is 44.5 Å². The van der Waals surface area contributed by atoms with Crippen molar-refractivity contribution >= 4 is 28.0 Å². The van der Waals surface area contributed by atoms with Gasteiger partial charge in [0.2, 0.25) is 0 Å². The molecule has 30 heteroatoms. The van der Waals surface area contributed by atoms with E-state index in [0.717, 1.165) is 13.2 Å². The number of alkyl halides is 24. The van der Waals surface area contributed by atoms with E-state index in [4.69, 9.17) is 18.7 Å². The third-order valence-electron chi connectivity index (χ3n) is 11.7. The van der Waals surface area contributed by atoms with Gasteiger partial charge in [-0.1, -0.05) is 83.1 Å². The summed E-state index contributed by atoms with van der Waals surface area (Å²) in [7, 11) is 0. The standard InChI is InChI=1S/C32H12BF24.C10H15.C4H10O.3CO.W/c34-25(35,36)13-1-14(26(37,38)39)6-21(5-13)33(22-7-15(27(40,41)42)2-16(8-22)28(43,44)45,23-9-17(29(46,47)48)3-18(10-23)30(49,50)51)24-11-19(31(52,53)54)4-20(12-24)32(55,56)57;1-6-7(2)9(4)10(5)8(6)3;1-3-5-4-2;3*1-2;/h1-12H;1-5H3;3-4H2,1-2H3;;;;/q-1;;;;;;+2. The molecule has 433 valence electrons. The van der Waals surface area contributed by atoms with Gasteiger partial charge in [-0.15, -0.1) is 0 Å². The fourth-order valence-electron chi connectivity index (χ4n) is 7.68. The zero-order valence-electron chi connectivity index (χ0n) is 41.0. The minimum absolute atomic E-state index is 0. The maximum Gasteiger partial charge on any atom is 2.00 e. The summed E-state index contributed by atoms with van der Waals surface area (Å²) in [6.07, 6.45) is -54.8. The number of ether oxygens (including phenoxy) is 1. The first kappa shape index (κ1) is 76.2. The van der Waals surface area contributed by atoms with Crippen LogP contribution >= 0.6 is 0 Å². The van der Waals surface area contributed by atoms with Gasteiger partial charge >= 0.3 is 104 Å². The number of benzene rings is 4. The van der Waals surface area contributed by atoms with Crippen molar-refractivity contribution < 1.29 is 145 Å². The number of halogens is 24. The van der Waals surface area contributed by atoms with E-state index in [1.807, 2.05) is 13.8 Å². The van der Waals surface area contributed by atoms with Crippen LogP contribution in [0.25, 0.3) is 0 Å². The Kier molecular flexibility index (Phi) is 27.7. The molecule has 1 fully saturated rings. The third kappa shape index (κ3) is 19.7. The monoisotopic (exact) mass is 1340 g/mol. The summed E-state index contributed by atoms with van der Waals surface area (Å²) < 4.78 is 368. The predicted octanol–water partition coefficient (Wildman–Crippen LogP) is 15.1. The van der Waals surface area contributed by atoms with Crippen molar-refractivity contribution in [3.05, 3.63) is 167 Å². The molecule has 0 N–H and O–H groups in total. The van der Waals surface area contributed by atoms with Crippen LogP contribution in [-0.2, 0) is 89.2 Å². The van der Waals surface area contributed by atoms with Crippen molar-refractivity contribution in [3.63, 3.8) is 0 Å². The molecule has 4 aromatic carbocycles. The summed E-state index contributed by atoms with van der Waals surface area (Å²) in [5.41, 5.74) is -30.2. The Hall–Kier alpha value is -4.87. The van der Waals surface area contributed by atoms with Crippen LogP contribution in [0.15, 0.2) is 72.8 Å². The van der Waals surface area contributed by atoms with E-state index in [9.17, 15) is 105 Å². The Morgan fingerprint density at radius 2 is 0.405 bits per heavy atom. The third-order valence-corrected chi connectivity index (χ3v) is 11.7. The molecule has 79 heavy (non-hydrogen) atoms. The largest absolute Gasteiger partial charge is 2.00 e. The van der Waals surface area contributed by atoms with Gasteiger partial charge in [0.15, 0.2) is 0 Å². The molecule has 0 saturated heterocycles. The minimum atomic E-state index is -6.13. The Balaban J connectivity index is 0. The van der Waals surface area contributed by atoms with E-state index in [-0.39, 0.29) is 21.1 Å². The van der Waals surface area contributed by atoms with Crippen molar-refractivity contribution in [2.75, 3.05) is 13.2 Å². The minimum Gasteiger partial charge on any atom is 2.00 e. The van der Waals surface area contributed by atoms with Crippen LogP contribution in [-0.4, -0.2) is 19.4 Å². The first-order chi connectivity index (χ1) is 35.2. The van der Waals surface area contributed by atoms with E-state index >= 15 is 0 Å². The second-order valence-corrected chi connectivity index (χ2v) is 16.1. The Morgan fingerprint density at radius 3 is 0.481 bits per heavy atom. The quantitative estimate of drug-likeness (QED) is 0.0821. The smallest absolute Gasteiger partial charge is 2.00 e. The van der Waals surface area contributed by atoms with Crippen molar-refractivity contribution in [2.24, 2.45) is 0 Å². The fourth-order valence-corrected chi connectivity index (χ4v) is 7.68. The summed E-state index contributed by atoms with van der Waals surface area (Å²) in [4.78, 5) is 0. The van der Waals surface area contributed by atoms with E-state index in [0.29, 0.717) is 0 Å². The molecule has 4 nitrogen and oxygen atoms in total. The number of rotatable bonds is 6. The fraction of sp³-hybridized carbons (Fsp3) is 0.347. The van der Waals surface area contributed by atoms with Gasteiger partial charge in [-0.3, -0.25) is 0 Å². The zero-order valence-corrected chi connectivity index (χ0v) is 44.0. The van der Waals surface area contributed by atoms with Crippen LogP contribution in [0.4, 0.5) is 105 Å². The molecular weight excluding hydrogens is 1300 g/mol. The van der Waals surface area contributed by atoms with Crippen molar-refractivity contribution in [1.82, 2.24) is 0 Å². The molecule has 5 radical (unpaired) electrons. The van der Waals surface area contributed by atoms with E-state index in [1.54, 1.807) is 0 Å². The van der Waals surface area contributed by atoms with E-state index < -0.39 is 195 Å². The van der Waals surface area contributed by atoms with Gasteiger partial charge in [0, 0.05) is 13.2 Å². The number of hydrogen-bond donors (Lipinski definition) is 0.